The summed E-state index contributed by atoms with van der Waals surface area (Å²) in [6.45, 7) is 5.26. The van der Waals surface area contributed by atoms with E-state index in [1.165, 1.54) is 16.3 Å². The minimum atomic E-state index is -0.622. The normalized spacial score (nSPS) is 15.6. The second-order valence-corrected chi connectivity index (χ2v) is 8.50. The molecule has 1 amide bonds. The molecule has 1 aromatic heterocycles. The Morgan fingerprint density at radius 1 is 1.00 bits per heavy atom. The van der Waals surface area contributed by atoms with Gasteiger partial charge in [0.15, 0.2) is 0 Å². The Balaban J connectivity index is 1.43. The molecule has 0 radical (unpaired) electrons. The lowest BCUT2D eigenvalue weighted by Crippen LogP contribution is -2.44. The highest BCUT2D eigenvalue weighted by atomic mass is 16.2. The Bertz CT molecular complexity index is 1080. The van der Waals surface area contributed by atoms with Gasteiger partial charge in [-0.25, -0.2) is 4.68 Å². The molecular formula is C26H29N3O2. The van der Waals surface area contributed by atoms with Crippen LogP contribution in [-0.4, -0.2) is 33.7 Å². The van der Waals surface area contributed by atoms with E-state index in [1.807, 2.05) is 42.2 Å². The molecule has 0 saturated carbocycles. The van der Waals surface area contributed by atoms with Crippen LogP contribution in [0.15, 0.2) is 71.5 Å². The summed E-state index contributed by atoms with van der Waals surface area (Å²) in [5.41, 5.74) is 3.89. The van der Waals surface area contributed by atoms with Gasteiger partial charge in [0, 0.05) is 24.7 Å². The van der Waals surface area contributed by atoms with Gasteiger partial charge in [-0.05, 0) is 50.7 Å². The van der Waals surface area contributed by atoms with Gasteiger partial charge in [0.1, 0.15) is 6.04 Å². The van der Waals surface area contributed by atoms with Crippen LogP contribution in [0.2, 0.25) is 0 Å². The highest BCUT2D eigenvalue weighted by Crippen LogP contribution is 2.23. The van der Waals surface area contributed by atoms with Gasteiger partial charge in [0.2, 0.25) is 5.91 Å². The molecular weight excluding hydrogens is 386 g/mol. The van der Waals surface area contributed by atoms with Crippen molar-refractivity contribution < 1.29 is 4.79 Å². The zero-order valence-corrected chi connectivity index (χ0v) is 18.2. The minimum absolute atomic E-state index is 0.0335. The summed E-state index contributed by atoms with van der Waals surface area (Å²) < 4.78 is 1.33. The first-order chi connectivity index (χ1) is 15.0. The van der Waals surface area contributed by atoms with Gasteiger partial charge in [-0.2, -0.15) is 5.10 Å². The van der Waals surface area contributed by atoms with E-state index in [9.17, 15) is 9.59 Å². The smallest absolute Gasteiger partial charge is 0.267 e. The van der Waals surface area contributed by atoms with E-state index < -0.39 is 6.04 Å². The minimum Gasteiger partial charge on any atom is -0.341 e. The molecule has 0 N–H and O–H groups in total. The summed E-state index contributed by atoms with van der Waals surface area (Å²) in [6.07, 6.45) is 3.02. The Kier molecular flexibility index (Phi) is 6.31. The molecule has 1 fully saturated rings. The van der Waals surface area contributed by atoms with E-state index in [1.54, 1.807) is 13.0 Å². The highest BCUT2D eigenvalue weighted by molar-refractivity contribution is 5.80. The highest BCUT2D eigenvalue weighted by Gasteiger charge is 2.28. The molecule has 1 atom stereocenters. The van der Waals surface area contributed by atoms with Crippen LogP contribution >= 0.6 is 0 Å². The van der Waals surface area contributed by atoms with E-state index in [-0.39, 0.29) is 11.5 Å². The van der Waals surface area contributed by atoms with Crippen molar-refractivity contribution in [1.29, 1.82) is 0 Å². The van der Waals surface area contributed by atoms with E-state index in [2.05, 4.69) is 29.4 Å². The second kappa shape index (κ2) is 9.29. The van der Waals surface area contributed by atoms with E-state index in [4.69, 9.17) is 0 Å². The predicted molar refractivity (Wildman–Crippen MR) is 123 cm³/mol. The van der Waals surface area contributed by atoms with Crippen molar-refractivity contribution in [1.82, 2.24) is 14.7 Å². The van der Waals surface area contributed by atoms with Crippen LogP contribution in [0.4, 0.5) is 0 Å². The molecule has 160 valence electrons. The summed E-state index contributed by atoms with van der Waals surface area (Å²) >= 11 is 0. The number of carbonyl (C=O) groups excluding carboxylic acids is 1. The number of hydrogen-bond acceptors (Lipinski definition) is 3. The molecule has 1 saturated heterocycles. The van der Waals surface area contributed by atoms with Crippen molar-refractivity contribution >= 4 is 5.91 Å². The number of benzene rings is 2. The third kappa shape index (κ3) is 4.93. The van der Waals surface area contributed by atoms with Crippen LogP contribution in [0.1, 0.15) is 36.9 Å². The van der Waals surface area contributed by atoms with Crippen LogP contribution in [-0.2, 0) is 11.2 Å². The van der Waals surface area contributed by atoms with E-state index in [0.717, 1.165) is 43.5 Å². The van der Waals surface area contributed by atoms with Crippen molar-refractivity contribution in [3.05, 3.63) is 88.2 Å². The number of nitrogens with zero attached hydrogens (tertiary/aromatic N) is 3. The third-order valence-corrected chi connectivity index (χ3v) is 6.19. The van der Waals surface area contributed by atoms with Crippen LogP contribution in [0.3, 0.4) is 0 Å². The number of carbonyl (C=O) groups is 1. The molecule has 0 bridgehead atoms. The molecule has 31 heavy (non-hydrogen) atoms. The quantitative estimate of drug-likeness (QED) is 0.626. The fourth-order valence-corrected chi connectivity index (χ4v) is 4.25. The lowest BCUT2D eigenvalue weighted by molar-refractivity contribution is -0.136. The van der Waals surface area contributed by atoms with Gasteiger partial charge >= 0.3 is 0 Å². The monoisotopic (exact) mass is 415 g/mol. The number of aryl methyl sites for hydroxylation is 1. The average molecular weight is 416 g/mol. The molecule has 1 aliphatic rings. The fraction of sp³-hybridized carbons (Fsp3) is 0.346. The molecule has 3 aromatic rings. The first kappa shape index (κ1) is 21.0. The first-order valence-electron chi connectivity index (χ1n) is 11.0. The van der Waals surface area contributed by atoms with E-state index in [0.29, 0.717) is 11.6 Å². The van der Waals surface area contributed by atoms with Crippen LogP contribution < -0.4 is 5.56 Å². The van der Waals surface area contributed by atoms with Gasteiger partial charge < -0.3 is 4.90 Å². The average Bonchev–Trinajstić information content (AvgIpc) is 2.80. The Morgan fingerprint density at radius 2 is 1.68 bits per heavy atom. The molecule has 1 unspecified atom stereocenters. The van der Waals surface area contributed by atoms with Crippen molar-refractivity contribution in [3.63, 3.8) is 0 Å². The topological polar surface area (TPSA) is 55.2 Å². The van der Waals surface area contributed by atoms with Crippen molar-refractivity contribution in [3.8, 4) is 11.3 Å². The standard InChI is InChI=1S/C26H29N3O2/c1-19-8-10-23(11-9-19)24-12-13-25(30)29(27-24)20(2)26(31)28-16-14-22(15-17-28)18-21-6-4-3-5-7-21/h3-13,20,22H,14-18H2,1-2H3. The summed E-state index contributed by atoms with van der Waals surface area (Å²) in [4.78, 5) is 27.5. The second-order valence-electron chi connectivity index (χ2n) is 8.50. The van der Waals surface area contributed by atoms with Crippen LogP contribution in [0.25, 0.3) is 11.3 Å². The SMILES string of the molecule is Cc1ccc(-c2ccc(=O)n(C(C)C(=O)N3CCC(Cc4ccccc4)CC3)n2)cc1. The summed E-state index contributed by atoms with van der Waals surface area (Å²) in [5, 5.41) is 4.52. The maximum absolute atomic E-state index is 13.1. The molecule has 5 heteroatoms. The van der Waals surface area contributed by atoms with E-state index >= 15 is 0 Å². The Hall–Kier alpha value is -3.21. The lowest BCUT2D eigenvalue weighted by Gasteiger charge is -2.33. The predicted octanol–water partition coefficient (Wildman–Crippen LogP) is 4.26. The third-order valence-electron chi connectivity index (χ3n) is 6.19. The largest absolute Gasteiger partial charge is 0.341 e. The zero-order valence-electron chi connectivity index (χ0n) is 18.2. The van der Waals surface area contributed by atoms with Crippen LogP contribution in [0.5, 0.6) is 0 Å². The maximum Gasteiger partial charge on any atom is 0.267 e. The number of piperidine rings is 1. The van der Waals surface area contributed by atoms with Crippen molar-refractivity contribution in [2.24, 2.45) is 5.92 Å². The molecule has 0 aliphatic carbocycles. The van der Waals surface area contributed by atoms with Crippen molar-refractivity contribution in [2.45, 2.75) is 39.2 Å². The summed E-state index contributed by atoms with van der Waals surface area (Å²) in [6, 6.07) is 21.1. The maximum atomic E-state index is 13.1. The van der Waals surface area contributed by atoms with Gasteiger partial charge in [-0.15, -0.1) is 0 Å². The number of aromatic nitrogens is 2. The van der Waals surface area contributed by atoms with Gasteiger partial charge in [0.25, 0.3) is 5.56 Å². The van der Waals surface area contributed by atoms with Crippen molar-refractivity contribution in [2.75, 3.05) is 13.1 Å². The Labute approximate surface area is 183 Å². The summed E-state index contributed by atoms with van der Waals surface area (Å²) in [5.74, 6) is 0.557. The number of amides is 1. The molecule has 0 spiro atoms. The number of rotatable bonds is 5. The van der Waals surface area contributed by atoms with Gasteiger partial charge in [-0.3, -0.25) is 9.59 Å². The molecule has 1 aliphatic heterocycles. The Morgan fingerprint density at radius 3 is 2.35 bits per heavy atom. The molecule has 4 rings (SSSR count). The van der Waals surface area contributed by atoms with Gasteiger partial charge in [0.05, 0.1) is 5.69 Å². The van der Waals surface area contributed by atoms with Gasteiger partial charge in [-0.1, -0.05) is 60.2 Å². The zero-order chi connectivity index (χ0) is 21.8. The molecule has 2 heterocycles. The molecule has 2 aromatic carbocycles. The fourth-order valence-electron chi connectivity index (χ4n) is 4.25. The molecule has 5 nitrogen and oxygen atoms in total. The first-order valence-corrected chi connectivity index (χ1v) is 11.0. The lowest BCUT2D eigenvalue weighted by atomic mass is 9.90. The number of likely N-dealkylation sites (tertiary alicyclic amines) is 1. The summed E-state index contributed by atoms with van der Waals surface area (Å²) in [7, 11) is 0. The van der Waals surface area contributed by atoms with Crippen LogP contribution in [0, 0.1) is 12.8 Å². The number of hydrogen-bond donors (Lipinski definition) is 0.